The lowest BCUT2D eigenvalue weighted by atomic mass is 10.1. The van der Waals surface area contributed by atoms with E-state index >= 15 is 0 Å². The molecule has 2 aliphatic heterocycles. The molecule has 2 aromatic carbocycles. The van der Waals surface area contributed by atoms with Crippen LogP contribution in [-0.4, -0.2) is 32.0 Å². The van der Waals surface area contributed by atoms with Crippen LogP contribution in [0.15, 0.2) is 24.3 Å². The first kappa shape index (κ1) is 11.1. The maximum atomic E-state index is 5.91. The second-order valence-electron chi connectivity index (χ2n) is 5.45. The molecule has 0 bridgehead atoms. The van der Waals surface area contributed by atoms with Crippen LogP contribution in [0.1, 0.15) is 0 Å². The van der Waals surface area contributed by atoms with Gasteiger partial charge >= 0.3 is 0 Å². The van der Waals surface area contributed by atoms with Crippen molar-refractivity contribution in [3.63, 3.8) is 0 Å². The standard InChI is InChI=1S/C16H14N2O3/c1-18-6-7-19-15-11(18)4-2-9-10-3-5-12-16(21-8-20-12)14(10)17-13(9)15/h2-5,17H,6-8H2,1H3. The van der Waals surface area contributed by atoms with Crippen molar-refractivity contribution in [2.24, 2.45) is 0 Å². The minimum atomic E-state index is 0.279. The minimum absolute atomic E-state index is 0.279. The van der Waals surface area contributed by atoms with Gasteiger partial charge in [-0.2, -0.15) is 0 Å². The molecule has 0 atom stereocenters. The number of aromatic amines is 1. The van der Waals surface area contributed by atoms with E-state index in [0.717, 1.165) is 51.3 Å². The largest absolute Gasteiger partial charge is 0.487 e. The Morgan fingerprint density at radius 3 is 2.67 bits per heavy atom. The van der Waals surface area contributed by atoms with E-state index in [-0.39, 0.29) is 6.79 Å². The second kappa shape index (κ2) is 3.75. The Hall–Kier alpha value is -2.56. The van der Waals surface area contributed by atoms with Crippen LogP contribution in [0.25, 0.3) is 21.8 Å². The normalized spacial score (nSPS) is 16.3. The predicted octanol–water partition coefficient (Wildman–Crippen LogP) is 2.88. The van der Waals surface area contributed by atoms with Crippen LogP contribution in [0.3, 0.4) is 0 Å². The van der Waals surface area contributed by atoms with Crippen molar-refractivity contribution in [3.8, 4) is 17.2 Å². The highest BCUT2D eigenvalue weighted by molar-refractivity contribution is 6.13. The summed E-state index contributed by atoms with van der Waals surface area (Å²) in [4.78, 5) is 5.69. The Bertz CT molecular complexity index is 884. The molecule has 0 unspecified atom stereocenters. The third kappa shape index (κ3) is 1.35. The number of fused-ring (bicyclic) bond motifs is 7. The molecule has 0 spiro atoms. The summed E-state index contributed by atoms with van der Waals surface area (Å²) in [7, 11) is 2.09. The van der Waals surface area contributed by atoms with Gasteiger partial charge in [0.15, 0.2) is 17.2 Å². The lowest BCUT2D eigenvalue weighted by Crippen LogP contribution is -2.28. The molecule has 0 aliphatic carbocycles. The molecule has 2 aliphatic rings. The van der Waals surface area contributed by atoms with Gasteiger partial charge in [-0.25, -0.2) is 0 Å². The van der Waals surface area contributed by atoms with Crippen molar-refractivity contribution in [2.75, 3.05) is 31.9 Å². The van der Waals surface area contributed by atoms with Crippen LogP contribution in [-0.2, 0) is 0 Å². The number of hydrogen-bond donors (Lipinski definition) is 1. The van der Waals surface area contributed by atoms with Gasteiger partial charge in [0.05, 0.1) is 23.3 Å². The smallest absolute Gasteiger partial charge is 0.231 e. The Labute approximate surface area is 121 Å². The number of likely N-dealkylation sites (N-methyl/N-ethyl adjacent to an activating group) is 1. The van der Waals surface area contributed by atoms with Crippen LogP contribution < -0.4 is 19.1 Å². The molecule has 0 radical (unpaired) electrons. The lowest BCUT2D eigenvalue weighted by Gasteiger charge is -2.27. The van der Waals surface area contributed by atoms with Crippen molar-refractivity contribution in [1.82, 2.24) is 4.98 Å². The zero-order valence-electron chi connectivity index (χ0n) is 11.6. The zero-order chi connectivity index (χ0) is 14.0. The van der Waals surface area contributed by atoms with Crippen molar-refractivity contribution in [2.45, 2.75) is 0 Å². The van der Waals surface area contributed by atoms with Gasteiger partial charge in [-0.3, -0.25) is 0 Å². The van der Waals surface area contributed by atoms with Crippen LogP contribution in [0.4, 0.5) is 5.69 Å². The Balaban J connectivity index is 1.90. The van der Waals surface area contributed by atoms with Crippen molar-refractivity contribution in [3.05, 3.63) is 24.3 Å². The molecule has 5 nitrogen and oxygen atoms in total. The molecule has 1 N–H and O–H groups in total. The van der Waals surface area contributed by atoms with Gasteiger partial charge in [0.1, 0.15) is 6.61 Å². The van der Waals surface area contributed by atoms with E-state index in [1.54, 1.807) is 0 Å². The fraction of sp³-hybridized carbons (Fsp3) is 0.250. The predicted molar refractivity (Wildman–Crippen MR) is 80.7 cm³/mol. The van der Waals surface area contributed by atoms with E-state index in [9.17, 15) is 0 Å². The zero-order valence-corrected chi connectivity index (χ0v) is 11.6. The van der Waals surface area contributed by atoms with Gasteiger partial charge in [-0.05, 0) is 24.3 Å². The number of nitrogens with one attached hydrogen (secondary N) is 1. The SMILES string of the molecule is CN1CCOc2c1ccc1c2[nH]c2c3c(ccc21)OCO3. The van der Waals surface area contributed by atoms with Crippen LogP contribution in [0.5, 0.6) is 17.2 Å². The van der Waals surface area contributed by atoms with Gasteiger partial charge < -0.3 is 24.1 Å². The summed E-state index contributed by atoms with van der Waals surface area (Å²) in [6, 6.07) is 8.29. The summed E-state index contributed by atoms with van der Waals surface area (Å²) < 4.78 is 17.0. The topological polar surface area (TPSA) is 46.7 Å². The molecule has 5 rings (SSSR count). The highest BCUT2D eigenvalue weighted by Gasteiger charge is 2.23. The fourth-order valence-corrected chi connectivity index (χ4v) is 3.22. The summed E-state index contributed by atoms with van der Waals surface area (Å²) in [5.74, 6) is 2.51. The van der Waals surface area contributed by atoms with E-state index in [4.69, 9.17) is 14.2 Å². The Morgan fingerprint density at radius 2 is 1.76 bits per heavy atom. The maximum Gasteiger partial charge on any atom is 0.231 e. The number of rotatable bonds is 0. The van der Waals surface area contributed by atoms with Gasteiger partial charge in [0, 0.05) is 17.8 Å². The fourth-order valence-electron chi connectivity index (χ4n) is 3.22. The number of benzene rings is 2. The molecule has 106 valence electrons. The quantitative estimate of drug-likeness (QED) is 0.688. The van der Waals surface area contributed by atoms with Gasteiger partial charge in [0.2, 0.25) is 6.79 Å². The van der Waals surface area contributed by atoms with Crippen LogP contribution in [0, 0.1) is 0 Å². The first-order chi connectivity index (χ1) is 10.3. The van der Waals surface area contributed by atoms with Crippen LogP contribution in [0.2, 0.25) is 0 Å². The molecule has 0 saturated carbocycles. The third-order valence-corrected chi connectivity index (χ3v) is 4.30. The molecular formula is C16H14N2O3. The number of aromatic nitrogens is 1. The summed E-state index contributed by atoms with van der Waals surface area (Å²) in [6.07, 6.45) is 0. The number of hydrogen-bond acceptors (Lipinski definition) is 4. The first-order valence-corrected chi connectivity index (χ1v) is 7.04. The summed E-state index contributed by atoms with van der Waals surface area (Å²) in [5, 5.41) is 2.28. The monoisotopic (exact) mass is 282 g/mol. The summed E-state index contributed by atoms with van der Waals surface area (Å²) in [5.41, 5.74) is 3.12. The number of ether oxygens (including phenoxy) is 3. The van der Waals surface area contributed by atoms with E-state index < -0.39 is 0 Å². The van der Waals surface area contributed by atoms with E-state index in [0.29, 0.717) is 6.61 Å². The average molecular weight is 282 g/mol. The van der Waals surface area contributed by atoms with Crippen molar-refractivity contribution in [1.29, 1.82) is 0 Å². The number of nitrogens with zero attached hydrogens (tertiary/aromatic N) is 1. The summed E-state index contributed by atoms with van der Waals surface area (Å²) >= 11 is 0. The molecule has 3 aromatic rings. The third-order valence-electron chi connectivity index (χ3n) is 4.30. The van der Waals surface area contributed by atoms with E-state index in [2.05, 4.69) is 35.1 Å². The summed E-state index contributed by atoms with van der Waals surface area (Å²) in [6.45, 7) is 1.89. The Morgan fingerprint density at radius 1 is 0.952 bits per heavy atom. The molecular weight excluding hydrogens is 268 g/mol. The van der Waals surface area contributed by atoms with Crippen molar-refractivity contribution < 1.29 is 14.2 Å². The van der Waals surface area contributed by atoms with Crippen molar-refractivity contribution >= 4 is 27.5 Å². The van der Waals surface area contributed by atoms with Gasteiger partial charge in [-0.15, -0.1) is 0 Å². The molecule has 0 saturated heterocycles. The van der Waals surface area contributed by atoms with E-state index in [1.807, 2.05) is 6.07 Å². The molecule has 5 heteroatoms. The molecule has 21 heavy (non-hydrogen) atoms. The molecule has 0 fully saturated rings. The minimum Gasteiger partial charge on any atom is -0.487 e. The van der Waals surface area contributed by atoms with Crippen LogP contribution >= 0.6 is 0 Å². The first-order valence-electron chi connectivity index (χ1n) is 7.04. The molecule has 1 aromatic heterocycles. The van der Waals surface area contributed by atoms with Gasteiger partial charge in [-0.1, -0.05) is 0 Å². The molecule has 3 heterocycles. The Kier molecular flexibility index (Phi) is 1.99. The highest BCUT2D eigenvalue weighted by Crippen LogP contribution is 2.45. The maximum absolute atomic E-state index is 5.91. The molecule has 0 amide bonds. The van der Waals surface area contributed by atoms with Gasteiger partial charge in [0.25, 0.3) is 0 Å². The number of H-pyrrole nitrogens is 1. The highest BCUT2D eigenvalue weighted by atomic mass is 16.7. The lowest BCUT2D eigenvalue weighted by molar-refractivity contribution is 0.174. The second-order valence-corrected chi connectivity index (χ2v) is 5.45. The van der Waals surface area contributed by atoms with E-state index in [1.165, 1.54) is 0 Å². The number of anilines is 1. The average Bonchev–Trinajstić information content (AvgIpc) is 3.11.